The second-order valence-electron chi connectivity index (χ2n) is 6.47. The number of para-hydroxylation sites is 2. The summed E-state index contributed by atoms with van der Waals surface area (Å²) in [4.78, 5) is 12.4. The minimum absolute atomic E-state index is 0.0313. The molecule has 0 bridgehead atoms. The molecule has 0 saturated heterocycles. The van der Waals surface area contributed by atoms with Gasteiger partial charge in [-0.05, 0) is 36.1 Å². The highest BCUT2D eigenvalue weighted by molar-refractivity contribution is 5.92. The van der Waals surface area contributed by atoms with Crippen molar-refractivity contribution < 1.29 is 9.53 Å². The first kappa shape index (κ1) is 18.7. The predicted molar refractivity (Wildman–Crippen MR) is 111 cm³/mol. The van der Waals surface area contributed by atoms with Crippen LogP contribution in [0.3, 0.4) is 0 Å². The van der Waals surface area contributed by atoms with Gasteiger partial charge in [-0.1, -0.05) is 73.7 Å². The zero-order valence-electron chi connectivity index (χ0n) is 15.9. The Morgan fingerprint density at radius 1 is 0.926 bits per heavy atom. The SMILES string of the molecule is CCc1cccc(C)c1NC(=O)CCOc1ccccc1-c1ccccc1. The monoisotopic (exact) mass is 359 g/mol. The van der Waals surface area contributed by atoms with Crippen LogP contribution in [0, 0.1) is 6.92 Å². The molecule has 0 unspecified atom stereocenters. The van der Waals surface area contributed by atoms with Crippen LogP contribution in [-0.2, 0) is 11.2 Å². The van der Waals surface area contributed by atoms with Crippen molar-refractivity contribution in [3.8, 4) is 16.9 Å². The Labute approximate surface area is 161 Å². The van der Waals surface area contributed by atoms with Gasteiger partial charge in [0.1, 0.15) is 5.75 Å². The van der Waals surface area contributed by atoms with E-state index in [0.29, 0.717) is 13.0 Å². The summed E-state index contributed by atoms with van der Waals surface area (Å²) in [5.74, 6) is 0.762. The minimum atomic E-state index is -0.0313. The molecule has 27 heavy (non-hydrogen) atoms. The number of amides is 1. The fourth-order valence-electron chi connectivity index (χ4n) is 3.11. The molecule has 3 aromatic rings. The van der Waals surface area contributed by atoms with E-state index in [9.17, 15) is 4.79 Å². The number of ether oxygens (including phenoxy) is 1. The lowest BCUT2D eigenvalue weighted by Gasteiger charge is -2.14. The first-order valence-corrected chi connectivity index (χ1v) is 9.34. The Kier molecular flexibility index (Phi) is 6.26. The van der Waals surface area contributed by atoms with Gasteiger partial charge in [0.25, 0.3) is 0 Å². The van der Waals surface area contributed by atoms with Crippen LogP contribution in [-0.4, -0.2) is 12.5 Å². The van der Waals surface area contributed by atoms with E-state index in [0.717, 1.165) is 40.1 Å². The van der Waals surface area contributed by atoms with E-state index in [2.05, 4.69) is 30.4 Å². The maximum atomic E-state index is 12.4. The van der Waals surface area contributed by atoms with Crippen molar-refractivity contribution in [1.29, 1.82) is 0 Å². The van der Waals surface area contributed by atoms with Crippen LogP contribution in [0.2, 0.25) is 0 Å². The number of rotatable bonds is 7. The zero-order valence-corrected chi connectivity index (χ0v) is 15.9. The quantitative estimate of drug-likeness (QED) is 0.593. The fraction of sp³-hybridized carbons (Fsp3) is 0.208. The summed E-state index contributed by atoms with van der Waals surface area (Å²) < 4.78 is 5.93. The molecule has 3 nitrogen and oxygen atoms in total. The Morgan fingerprint density at radius 2 is 1.67 bits per heavy atom. The van der Waals surface area contributed by atoms with E-state index in [4.69, 9.17) is 4.74 Å². The van der Waals surface area contributed by atoms with Crippen molar-refractivity contribution in [2.45, 2.75) is 26.7 Å². The van der Waals surface area contributed by atoms with Gasteiger partial charge >= 0.3 is 0 Å². The summed E-state index contributed by atoms with van der Waals surface area (Å²) in [5, 5.41) is 3.04. The molecule has 1 amide bonds. The molecule has 0 aliphatic rings. The summed E-state index contributed by atoms with van der Waals surface area (Å²) in [6, 6.07) is 24.1. The molecule has 0 fully saturated rings. The topological polar surface area (TPSA) is 38.3 Å². The Morgan fingerprint density at radius 3 is 2.44 bits per heavy atom. The molecule has 1 N–H and O–H groups in total. The highest BCUT2D eigenvalue weighted by Gasteiger charge is 2.10. The standard InChI is InChI=1S/C24H25NO2/c1-3-19-13-9-10-18(2)24(19)25-23(26)16-17-27-22-15-8-7-14-21(22)20-11-5-4-6-12-20/h4-15H,3,16-17H2,1-2H3,(H,25,26). The fourth-order valence-corrected chi connectivity index (χ4v) is 3.11. The molecular weight excluding hydrogens is 334 g/mol. The number of hydrogen-bond acceptors (Lipinski definition) is 2. The van der Waals surface area contributed by atoms with E-state index < -0.39 is 0 Å². The van der Waals surface area contributed by atoms with Crippen LogP contribution in [0.15, 0.2) is 72.8 Å². The van der Waals surface area contributed by atoms with Gasteiger partial charge in [-0.3, -0.25) is 4.79 Å². The van der Waals surface area contributed by atoms with Gasteiger partial charge in [0, 0.05) is 11.3 Å². The first-order chi connectivity index (χ1) is 13.2. The normalized spacial score (nSPS) is 10.4. The highest BCUT2D eigenvalue weighted by atomic mass is 16.5. The van der Waals surface area contributed by atoms with Crippen LogP contribution in [0.25, 0.3) is 11.1 Å². The summed E-state index contributed by atoms with van der Waals surface area (Å²) in [7, 11) is 0. The smallest absolute Gasteiger partial charge is 0.227 e. The second kappa shape index (κ2) is 9.04. The zero-order chi connectivity index (χ0) is 19.1. The molecule has 3 heteroatoms. The molecule has 0 atom stereocenters. The van der Waals surface area contributed by atoms with E-state index in [1.54, 1.807) is 0 Å². The molecule has 0 aliphatic heterocycles. The van der Waals surface area contributed by atoms with Gasteiger partial charge in [0.2, 0.25) is 5.91 Å². The van der Waals surface area contributed by atoms with E-state index in [1.165, 1.54) is 0 Å². The molecule has 0 radical (unpaired) electrons. The average molecular weight is 359 g/mol. The van der Waals surface area contributed by atoms with Crippen molar-refractivity contribution >= 4 is 11.6 Å². The number of carbonyl (C=O) groups is 1. The van der Waals surface area contributed by atoms with Gasteiger partial charge in [-0.25, -0.2) is 0 Å². The Balaban J connectivity index is 1.62. The molecule has 0 aliphatic carbocycles. The average Bonchev–Trinajstić information content (AvgIpc) is 2.70. The number of anilines is 1. The maximum Gasteiger partial charge on any atom is 0.227 e. The lowest BCUT2D eigenvalue weighted by molar-refractivity contribution is -0.116. The van der Waals surface area contributed by atoms with Crippen molar-refractivity contribution in [1.82, 2.24) is 0 Å². The van der Waals surface area contributed by atoms with E-state index in [-0.39, 0.29) is 5.91 Å². The molecule has 3 rings (SSSR count). The summed E-state index contributed by atoms with van der Waals surface area (Å²) >= 11 is 0. The first-order valence-electron chi connectivity index (χ1n) is 9.34. The predicted octanol–water partition coefficient (Wildman–Crippen LogP) is 5.63. The highest BCUT2D eigenvalue weighted by Crippen LogP contribution is 2.29. The summed E-state index contributed by atoms with van der Waals surface area (Å²) in [6.45, 7) is 4.44. The molecule has 0 heterocycles. The number of aryl methyl sites for hydroxylation is 2. The third-order valence-electron chi connectivity index (χ3n) is 4.56. The lowest BCUT2D eigenvalue weighted by Crippen LogP contribution is -2.17. The molecular formula is C24H25NO2. The second-order valence-corrected chi connectivity index (χ2v) is 6.47. The Hall–Kier alpha value is -3.07. The van der Waals surface area contributed by atoms with Crippen molar-refractivity contribution in [2.24, 2.45) is 0 Å². The lowest BCUT2D eigenvalue weighted by atomic mass is 10.0. The number of benzene rings is 3. The molecule has 3 aromatic carbocycles. The van der Waals surface area contributed by atoms with Crippen molar-refractivity contribution in [2.75, 3.05) is 11.9 Å². The van der Waals surface area contributed by atoms with Crippen LogP contribution < -0.4 is 10.1 Å². The van der Waals surface area contributed by atoms with Crippen LogP contribution >= 0.6 is 0 Å². The number of hydrogen-bond donors (Lipinski definition) is 1. The summed E-state index contributed by atoms with van der Waals surface area (Å²) in [6.07, 6.45) is 1.19. The largest absolute Gasteiger partial charge is 0.492 e. The summed E-state index contributed by atoms with van der Waals surface area (Å²) in [5.41, 5.74) is 5.29. The van der Waals surface area contributed by atoms with Gasteiger partial charge in [0.05, 0.1) is 13.0 Å². The maximum absolute atomic E-state index is 12.4. The number of nitrogens with one attached hydrogen (secondary N) is 1. The third-order valence-corrected chi connectivity index (χ3v) is 4.56. The van der Waals surface area contributed by atoms with Gasteiger partial charge in [-0.2, -0.15) is 0 Å². The Bertz CT molecular complexity index is 903. The van der Waals surface area contributed by atoms with Crippen LogP contribution in [0.1, 0.15) is 24.5 Å². The van der Waals surface area contributed by atoms with Crippen LogP contribution in [0.4, 0.5) is 5.69 Å². The molecule has 0 aromatic heterocycles. The minimum Gasteiger partial charge on any atom is -0.492 e. The van der Waals surface area contributed by atoms with Gasteiger partial charge in [-0.15, -0.1) is 0 Å². The molecule has 138 valence electrons. The van der Waals surface area contributed by atoms with E-state index in [1.807, 2.05) is 61.5 Å². The molecule has 0 saturated carbocycles. The van der Waals surface area contributed by atoms with Gasteiger partial charge in [0.15, 0.2) is 0 Å². The van der Waals surface area contributed by atoms with Crippen molar-refractivity contribution in [3.05, 3.63) is 83.9 Å². The van der Waals surface area contributed by atoms with E-state index >= 15 is 0 Å². The molecule has 0 spiro atoms. The third kappa shape index (κ3) is 4.76. The van der Waals surface area contributed by atoms with Crippen molar-refractivity contribution in [3.63, 3.8) is 0 Å². The van der Waals surface area contributed by atoms with Gasteiger partial charge < -0.3 is 10.1 Å². The number of carbonyl (C=O) groups excluding carboxylic acids is 1. The van der Waals surface area contributed by atoms with Crippen LogP contribution in [0.5, 0.6) is 5.75 Å².